The van der Waals surface area contributed by atoms with Crippen LogP contribution in [0.5, 0.6) is 5.75 Å². The van der Waals surface area contributed by atoms with Crippen LogP contribution < -0.4 is 10.1 Å². The van der Waals surface area contributed by atoms with Gasteiger partial charge in [0, 0.05) is 12.5 Å². The first-order valence-electron chi connectivity index (χ1n) is 12.5. The lowest BCUT2D eigenvalue weighted by atomic mass is 10.1. The van der Waals surface area contributed by atoms with Crippen LogP contribution in [0.1, 0.15) is 39.8 Å². The molecule has 2 N–H and O–H groups in total. The highest BCUT2D eigenvalue weighted by atomic mass is 19.1. The van der Waals surface area contributed by atoms with Crippen molar-refractivity contribution in [2.45, 2.75) is 25.6 Å². The maximum absolute atomic E-state index is 13.9. The summed E-state index contributed by atoms with van der Waals surface area (Å²) in [7, 11) is 0. The summed E-state index contributed by atoms with van der Waals surface area (Å²) in [6.45, 7) is 0.313. The summed E-state index contributed by atoms with van der Waals surface area (Å²) in [5.74, 6) is -1.63. The smallest absolute Gasteiger partial charge is 0.358 e. The van der Waals surface area contributed by atoms with Gasteiger partial charge in [-0.15, -0.1) is 5.10 Å². The van der Waals surface area contributed by atoms with Crippen LogP contribution in [0.2, 0.25) is 0 Å². The Bertz CT molecular complexity index is 1680. The summed E-state index contributed by atoms with van der Waals surface area (Å²) >= 11 is 0. The average molecular weight is 540 g/mol. The Morgan fingerprint density at radius 1 is 1.00 bits per heavy atom. The number of carboxylic acid groups (broad SMARTS) is 1. The first kappa shape index (κ1) is 25.0. The van der Waals surface area contributed by atoms with Gasteiger partial charge in [-0.25, -0.2) is 9.18 Å². The Morgan fingerprint density at radius 2 is 1.73 bits per heavy atom. The van der Waals surface area contributed by atoms with Crippen molar-refractivity contribution < 1.29 is 28.3 Å². The number of aromatic carboxylic acids is 1. The Balaban J connectivity index is 1.08. The molecule has 1 amide bonds. The molecular weight excluding hydrogens is 517 g/mol. The lowest BCUT2D eigenvalue weighted by molar-refractivity contribution is -0.121. The van der Waals surface area contributed by atoms with Gasteiger partial charge >= 0.3 is 5.97 Å². The molecule has 0 fully saturated rings. The molecule has 0 aliphatic heterocycles. The summed E-state index contributed by atoms with van der Waals surface area (Å²) in [6.07, 6.45) is 1.86. The van der Waals surface area contributed by atoms with Crippen molar-refractivity contribution in [2.75, 3.05) is 0 Å². The lowest BCUT2D eigenvalue weighted by Gasteiger charge is -2.16. The SMILES string of the molecule is O=C(CCn1cc(COc2ccc(F)cc2-c2cc(C(=O)O)no2)nn1)NC1c2ccccc2-c2ccccc21. The van der Waals surface area contributed by atoms with E-state index in [1.807, 2.05) is 36.4 Å². The minimum Gasteiger partial charge on any atom is -0.486 e. The van der Waals surface area contributed by atoms with Crippen molar-refractivity contribution in [3.63, 3.8) is 0 Å². The van der Waals surface area contributed by atoms with Crippen molar-refractivity contribution >= 4 is 11.9 Å². The number of aromatic nitrogens is 4. The molecule has 0 radical (unpaired) electrons. The van der Waals surface area contributed by atoms with Gasteiger partial charge in [0.1, 0.15) is 23.9 Å². The molecule has 0 unspecified atom stereocenters. The number of amides is 1. The number of carboxylic acids is 1. The van der Waals surface area contributed by atoms with Crippen LogP contribution in [0.3, 0.4) is 0 Å². The molecule has 11 heteroatoms. The number of fused-ring (bicyclic) bond motifs is 3. The normalized spacial score (nSPS) is 12.1. The van der Waals surface area contributed by atoms with E-state index in [1.54, 1.807) is 10.9 Å². The number of nitrogens with one attached hydrogen (secondary N) is 1. The Hall–Kier alpha value is -5.32. The van der Waals surface area contributed by atoms with E-state index in [9.17, 15) is 14.0 Å². The predicted molar refractivity (Wildman–Crippen MR) is 140 cm³/mol. The van der Waals surface area contributed by atoms with E-state index in [2.05, 4.69) is 32.9 Å². The topological polar surface area (TPSA) is 132 Å². The van der Waals surface area contributed by atoms with Crippen LogP contribution in [0.15, 0.2) is 83.5 Å². The summed E-state index contributed by atoms with van der Waals surface area (Å²) in [4.78, 5) is 24.0. The molecule has 10 nitrogen and oxygen atoms in total. The number of aryl methyl sites for hydroxylation is 1. The molecule has 0 atom stereocenters. The van der Waals surface area contributed by atoms with Gasteiger partial charge < -0.3 is 19.7 Å². The van der Waals surface area contributed by atoms with Gasteiger partial charge in [0.15, 0.2) is 11.5 Å². The van der Waals surface area contributed by atoms with E-state index in [-0.39, 0.29) is 47.7 Å². The average Bonchev–Trinajstić information content (AvgIpc) is 3.70. The predicted octanol–water partition coefficient (Wildman–Crippen LogP) is 4.63. The number of carbonyl (C=O) groups excluding carboxylic acids is 1. The van der Waals surface area contributed by atoms with E-state index in [0.29, 0.717) is 12.2 Å². The maximum atomic E-state index is 13.9. The Morgan fingerprint density at radius 3 is 2.42 bits per heavy atom. The number of benzene rings is 3. The summed E-state index contributed by atoms with van der Waals surface area (Å²) in [5.41, 5.74) is 4.78. The second kappa shape index (κ2) is 10.4. The fraction of sp³-hybridized carbons (Fsp3) is 0.138. The lowest BCUT2D eigenvalue weighted by Crippen LogP contribution is -2.28. The molecule has 40 heavy (non-hydrogen) atoms. The molecule has 0 saturated heterocycles. The van der Waals surface area contributed by atoms with Crippen LogP contribution >= 0.6 is 0 Å². The number of hydrogen-bond donors (Lipinski definition) is 2. The third kappa shape index (κ3) is 4.92. The van der Waals surface area contributed by atoms with Crippen LogP contribution in [0, 0.1) is 5.82 Å². The first-order chi connectivity index (χ1) is 19.5. The van der Waals surface area contributed by atoms with E-state index in [0.717, 1.165) is 28.3 Å². The van der Waals surface area contributed by atoms with Gasteiger partial charge in [0.2, 0.25) is 5.91 Å². The molecular formula is C29H22FN5O5. The zero-order valence-corrected chi connectivity index (χ0v) is 21.0. The molecule has 200 valence electrons. The fourth-order valence-corrected chi connectivity index (χ4v) is 4.75. The van der Waals surface area contributed by atoms with Crippen LogP contribution in [-0.2, 0) is 17.9 Å². The largest absolute Gasteiger partial charge is 0.486 e. The molecule has 3 aromatic carbocycles. The second-order valence-electron chi connectivity index (χ2n) is 9.21. The van der Waals surface area contributed by atoms with Crippen LogP contribution in [0.4, 0.5) is 4.39 Å². The molecule has 6 rings (SSSR count). The van der Waals surface area contributed by atoms with Crippen molar-refractivity contribution in [3.8, 4) is 28.2 Å². The monoisotopic (exact) mass is 539 g/mol. The van der Waals surface area contributed by atoms with Gasteiger partial charge in [-0.1, -0.05) is 58.9 Å². The molecule has 1 aliphatic carbocycles. The third-order valence-corrected chi connectivity index (χ3v) is 6.61. The molecule has 5 aromatic rings. The number of halogens is 1. The molecule has 1 aliphatic rings. The fourth-order valence-electron chi connectivity index (χ4n) is 4.75. The highest BCUT2D eigenvalue weighted by molar-refractivity contribution is 5.87. The van der Waals surface area contributed by atoms with E-state index >= 15 is 0 Å². The van der Waals surface area contributed by atoms with E-state index in [1.165, 1.54) is 18.2 Å². The first-order valence-corrected chi connectivity index (χ1v) is 12.5. The van der Waals surface area contributed by atoms with Crippen molar-refractivity contribution in [2.24, 2.45) is 0 Å². The zero-order chi connectivity index (χ0) is 27.6. The van der Waals surface area contributed by atoms with Gasteiger partial charge in [-0.05, 0) is 40.5 Å². The van der Waals surface area contributed by atoms with Gasteiger partial charge in [-0.3, -0.25) is 9.48 Å². The van der Waals surface area contributed by atoms with Gasteiger partial charge in [0.25, 0.3) is 0 Å². The molecule has 2 heterocycles. The quantitative estimate of drug-likeness (QED) is 0.277. The van der Waals surface area contributed by atoms with Gasteiger partial charge in [-0.2, -0.15) is 0 Å². The van der Waals surface area contributed by atoms with E-state index < -0.39 is 11.8 Å². The Kier molecular flexibility index (Phi) is 6.52. The van der Waals surface area contributed by atoms with Crippen LogP contribution in [0.25, 0.3) is 22.5 Å². The third-order valence-electron chi connectivity index (χ3n) is 6.61. The van der Waals surface area contributed by atoms with E-state index in [4.69, 9.17) is 14.4 Å². The van der Waals surface area contributed by atoms with Crippen molar-refractivity contribution in [1.82, 2.24) is 25.5 Å². The highest BCUT2D eigenvalue weighted by Gasteiger charge is 2.29. The number of hydrogen-bond acceptors (Lipinski definition) is 7. The number of carbonyl (C=O) groups is 2. The molecule has 0 bridgehead atoms. The standard InChI is InChI=1S/C29H22FN5O5/c30-17-9-10-25(23(13-17)26-14-24(29(37)38)33-40-26)39-16-18-15-35(34-32-18)12-11-27(36)31-28-21-7-3-1-5-19(21)20-6-2-4-8-22(20)28/h1-10,13-15,28H,11-12,16H2,(H,31,36)(H,37,38). The molecule has 0 saturated carbocycles. The minimum atomic E-state index is -1.27. The highest BCUT2D eigenvalue weighted by Crippen LogP contribution is 2.43. The van der Waals surface area contributed by atoms with Crippen molar-refractivity contribution in [3.05, 3.63) is 107 Å². The second-order valence-corrected chi connectivity index (χ2v) is 9.21. The number of rotatable bonds is 9. The molecule has 2 aromatic heterocycles. The maximum Gasteiger partial charge on any atom is 0.358 e. The number of nitrogens with zero attached hydrogens (tertiary/aromatic N) is 4. The molecule has 0 spiro atoms. The Labute approximate surface area is 227 Å². The van der Waals surface area contributed by atoms with Gasteiger partial charge in [0.05, 0.1) is 24.3 Å². The minimum absolute atomic E-state index is 0.000393. The summed E-state index contributed by atoms with van der Waals surface area (Å²) < 4.78 is 26.3. The number of ether oxygens (including phenoxy) is 1. The summed E-state index contributed by atoms with van der Waals surface area (Å²) in [6, 6.07) is 20.9. The van der Waals surface area contributed by atoms with Crippen LogP contribution in [-0.4, -0.2) is 37.1 Å². The summed E-state index contributed by atoms with van der Waals surface area (Å²) in [5, 5.41) is 23.8. The van der Waals surface area contributed by atoms with Crippen molar-refractivity contribution in [1.29, 1.82) is 0 Å². The zero-order valence-electron chi connectivity index (χ0n) is 21.0.